The summed E-state index contributed by atoms with van der Waals surface area (Å²) in [7, 11) is 0. The molecule has 0 saturated carbocycles. The molecule has 44 heavy (non-hydrogen) atoms. The molecule has 2 nitrogen and oxygen atoms in total. The van der Waals surface area contributed by atoms with E-state index < -0.39 is 0 Å². The number of hydrogen-bond donors (Lipinski definition) is 0. The third-order valence-corrected chi connectivity index (χ3v) is 10.1. The van der Waals surface area contributed by atoms with Crippen LogP contribution in [0.3, 0.4) is 0 Å². The highest BCUT2D eigenvalue weighted by Gasteiger charge is 2.16. The minimum Gasteiger partial charge on any atom is -0.234 e. The lowest BCUT2D eigenvalue weighted by Crippen LogP contribution is -2.37. The molecule has 0 unspecified atom stereocenters. The Balaban J connectivity index is 1.99. The molecule has 0 aliphatic rings. The molecule has 0 aliphatic carbocycles. The number of hydrogen-bond acceptors (Lipinski definition) is 0. The maximum absolute atomic E-state index is 2.60. The van der Waals surface area contributed by atoms with Gasteiger partial charge >= 0.3 is 0 Å². The lowest BCUT2D eigenvalue weighted by Gasteiger charge is -2.06. The summed E-state index contributed by atoms with van der Waals surface area (Å²) < 4.78 is 5.15. The summed E-state index contributed by atoms with van der Waals surface area (Å²) in [6.45, 7) is 9.34. The number of unbranched alkanes of at least 4 members (excludes halogenated alkanes) is 30. The smallest absolute Gasteiger partial charge is 0.234 e. The Labute approximate surface area is 279 Å². The Morgan fingerprint density at radius 1 is 0.386 bits per heavy atom. The van der Waals surface area contributed by atoms with Crippen LogP contribution in [0, 0.1) is 0 Å². The van der Waals surface area contributed by atoms with Gasteiger partial charge in [-0.1, -0.05) is 207 Å². The zero-order valence-corrected chi connectivity index (χ0v) is 31.0. The van der Waals surface area contributed by atoms with Crippen LogP contribution in [0.4, 0.5) is 0 Å². The Morgan fingerprint density at radius 2 is 0.705 bits per heavy atom. The molecular weight excluding hydrogens is 532 g/mol. The highest BCUT2D eigenvalue weighted by Crippen LogP contribution is 2.16. The normalized spacial score (nSPS) is 11.6. The van der Waals surface area contributed by atoms with Gasteiger partial charge in [0.25, 0.3) is 5.82 Å². The maximum Gasteiger partial charge on any atom is 0.256 e. The predicted molar refractivity (Wildman–Crippen MR) is 198 cm³/mol. The third-order valence-electron chi connectivity index (χ3n) is 10.1. The highest BCUT2D eigenvalue weighted by atomic mass is 15.1. The summed E-state index contributed by atoms with van der Waals surface area (Å²) in [4.78, 5) is 0. The molecule has 1 heterocycles. The van der Waals surface area contributed by atoms with Crippen molar-refractivity contribution in [1.82, 2.24) is 4.57 Å². The van der Waals surface area contributed by atoms with E-state index >= 15 is 0 Å². The molecule has 0 saturated heterocycles. The number of nitrogens with zero attached hydrogens (tertiary/aromatic N) is 2. The first-order valence-corrected chi connectivity index (χ1v) is 20.9. The van der Waals surface area contributed by atoms with Gasteiger partial charge in [0.05, 0.1) is 13.1 Å². The van der Waals surface area contributed by atoms with Gasteiger partial charge in [-0.05, 0) is 25.7 Å². The first-order chi connectivity index (χ1) is 21.8. The molecule has 1 aromatic rings. The van der Waals surface area contributed by atoms with Gasteiger partial charge in [0, 0.05) is 6.42 Å². The van der Waals surface area contributed by atoms with E-state index in [0.717, 1.165) is 0 Å². The molecule has 0 amide bonds. The second-order valence-corrected chi connectivity index (χ2v) is 14.5. The summed E-state index contributed by atoms with van der Waals surface area (Å²) in [6, 6.07) is 0. The molecule has 0 atom stereocenters. The summed E-state index contributed by atoms with van der Waals surface area (Å²) in [5.74, 6) is 1.60. The van der Waals surface area contributed by atoms with E-state index in [2.05, 4.69) is 42.3 Å². The van der Waals surface area contributed by atoms with E-state index in [4.69, 9.17) is 0 Å². The van der Waals surface area contributed by atoms with Crippen LogP contribution in [0.2, 0.25) is 0 Å². The third kappa shape index (κ3) is 25.4. The topological polar surface area (TPSA) is 8.81 Å². The SMILES string of the molecule is CCCCCCCCCCCCCCCCCCC[n+]1ccn(CCC)c1CCCCCCCCCCCCCCCCC. The lowest BCUT2D eigenvalue weighted by atomic mass is 10.0. The van der Waals surface area contributed by atoms with Crippen LogP contribution in [0.15, 0.2) is 12.4 Å². The fourth-order valence-electron chi connectivity index (χ4n) is 7.09. The molecule has 0 aliphatic heterocycles. The highest BCUT2D eigenvalue weighted by molar-refractivity contribution is 4.84. The molecule has 0 fully saturated rings. The van der Waals surface area contributed by atoms with Crippen LogP contribution < -0.4 is 4.57 Å². The minimum atomic E-state index is 1.18. The molecule has 0 aromatic carbocycles. The standard InChI is InChI=1S/C42H83N2/c1-4-7-9-11-13-15-17-19-21-22-24-26-28-30-32-34-36-39-44-41-40-43(38-6-3)42(44)37-35-33-31-29-27-25-23-20-18-16-14-12-10-8-5-2/h40-41H,4-39H2,1-3H3/q+1. The van der Waals surface area contributed by atoms with Gasteiger partial charge in [-0.3, -0.25) is 0 Å². The van der Waals surface area contributed by atoms with E-state index in [1.165, 1.54) is 231 Å². The van der Waals surface area contributed by atoms with Gasteiger partial charge in [-0.25, -0.2) is 9.13 Å². The van der Waals surface area contributed by atoms with E-state index in [0.29, 0.717) is 0 Å². The van der Waals surface area contributed by atoms with Crippen LogP contribution in [0.1, 0.15) is 238 Å². The Bertz CT molecular complexity index is 677. The van der Waals surface area contributed by atoms with Crippen molar-refractivity contribution < 1.29 is 4.57 Å². The summed E-state index contributed by atoms with van der Waals surface area (Å²) >= 11 is 0. The molecule has 2 heteroatoms. The zero-order valence-electron chi connectivity index (χ0n) is 31.0. The average molecular weight is 616 g/mol. The first-order valence-electron chi connectivity index (χ1n) is 20.9. The average Bonchev–Trinajstić information content (AvgIpc) is 3.41. The van der Waals surface area contributed by atoms with Crippen LogP contribution in [-0.2, 0) is 19.5 Å². The van der Waals surface area contributed by atoms with Crippen molar-refractivity contribution >= 4 is 0 Å². The summed E-state index contributed by atoms with van der Waals surface area (Å²) in [6.07, 6.45) is 53.6. The van der Waals surface area contributed by atoms with Gasteiger partial charge in [0.2, 0.25) is 0 Å². The molecular formula is C42H83N2+. The number of imidazole rings is 1. The van der Waals surface area contributed by atoms with Crippen molar-refractivity contribution in [1.29, 1.82) is 0 Å². The van der Waals surface area contributed by atoms with Gasteiger partial charge in [0.15, 0.2) is 0 Å². The first kappa shape index (κ1) is 41.2. The fourth-order valence-corrected chi connectivity index (χ4v) is 7.09. The van der Waals surface area contributed by atoms with Crippen molar-refractivity contribution in [2.75, 3.05) is 0 Å². The zero-order chi connectivity index (χ0) is 31.6. The largest absolute Gasteiger partial charge is 0.256 e. The van der Waals surface area contributed by atoms with Gasteiger partial charge < -0.3 is 0 Å². The van der Waals surface area contributed by atoms with Crippen LogP contribution in [-0.4, -0.2) is 4.57 Å². The second kappa shape index (κ2) is 33.6. The van der Waals surface area contributed by atoms with Crippen molar-refractivity contribution in [3.63, 3.8) is 0 Å². The van der Waals surface area contributed by atoms with Gasteiger partial charge in [0.1, 0.15) is 12.4 Å². The van der Waals surface area contributed by atoms with Crippen molar-refractivity contribution in [2.45, 2.75) is 252 Å². The van der Waals surface area contributed by atoms with Gasteiger partial charge in [-0.2, -0.15) is 0 Å². The van der Waals surface area contributed by atoms with Crippen molar-refractivity contribution in [3.05, 3.63) is 18.2 Å². The Hall–Kier alpha value is -0.790. The molecule has 260 valence electrons. The molecule has 0 spiro atoms. The lowest BCUT2D eigenvalue weighted by molar-refractivity contribution is -0.704. The molecule has 0 N–H and O–H groups in total. The fraction of sp³-hybridized carbons (Fsp3) is 0.929. The van der Waals surface area contributed by atoms with Crippen LogP contribution >= 0.6 is 0 Å². The predicted octanol–water partition coefficient (Wildman–Crippen LogP) is 14.3. The molecule has 1 rings (SSSR count). The summed E-state index contributed by atoms with van der Waals surface area (Å²) in [5, 5.41) is 0. The molecule has 0 bridgehead atoms. The summed E-state index contributed by atoms with van der Waals surface area (Å²) in [5.41, 5.74) is 0. The van der Waals surface area contributed by atoms with Gasteiger partial charge in [-0.15, -0.1) is 0 Å². The molecule has 0 radical (unpaired) electrons. The quantitative estimate of drug-likeness (QED) is 0.0524. The van der Waals surface area contributed by atoms with Crippen molar-refractivity contribution in [2.24, 2.45) is 0 Å². The number of rotatable bonds is 36. The number of aromatic nitrogens is 2. The van der Waals surface area contributed by atoms with E-state index in [1.807, 2.05) is 0 Å². The second-order valence-electron chi connectivity index (χ2n) is 14.5. The number of aryl methyl sites for hydroxylation is 2. The van der Waals surface area contributed by atoms with E-state index in [1.54, 1.807) is 5.82 Å². The van der Waals surface area contributed by atoms with Crippen LogP contribution in [0.25, 0.3) is 0 Å². The van der Waals surface area contributed by atoms with Crippen molar-refractivity contribution in [3.8, 4) is 0 Å². The molecule has 1 aromatic heterocycles. The van der Waals surface area contributed by atoms with E-state index in [9.17, 15) is 0 Å². The Morgan fingerprint density at radius 3 is 1.05 bits per heavy atom. The van der Waals surface area contributed by atoms with E-state index in [-0.39, 0.29) is 0 Å². The maximum atomic E-state index is 2.60. The van der Waals surface area contributed by atoms with Crippen LogP contribution in [0.5, 0.6) is 0 Å². The monoisotopic (exact) mass is 616 g/mol. The Kier molecular flexibility index (Phi) is 31.5. The minimum absolute atomic E-state index is 1.18.